The van der Waals surface area contributed by atoms with Crippen molar-refractivity contribution in [3.8, 4) is 6.07 Å². The van der Waals surface area contributed by atoms with Crippen LogP contribution in [0.15, 0.2) is 35.4 Å². The largest absolute Gasteiger partial charge is 0.363 e. The lowest BCUT2D eigenvalue weighted by molar-refractivity contribution is -0.0880. The summed E-state index contributed by atoms with van der Waals surface area (Å²) in [6.07, 6.45) is 5.51. The Balaban J connectivity index is 1.49. The molecule has 11 heteroatoms. The molecule has 0 radical (unpaired) electrons. The number of anilines is 1. The van der Waals surface area contributed by atoms with E-state index < -0.39 is 53.0 Å². The highest BCUT2D eigenvalue weighted by atomic mass is 19.3. The molecule has 7 nitrogen and oxygen atoms in total. The van der Waals surface area contributed by atoms with Gasteiger partial charge in [0.2, 0.25) is 0 Å². The first kappa shape index (κ1) is 29.5. The van der Waals surface area contributed by atoms with Gasteiger partial charge in [-0.3, -0.25) is 9.36 Å². The lowest BCUT2D eigenvalue weighted by Gasteiger charge is -2.36. The molecular formula is C32H36F4N6O. The van der Waals surface area contributed by atoms with Crippen molar-refractivity contribution in [2.75, 3.05) is 31.6 Å². The van der Waals surface area contributed by atoms with Crippen molar-refractivity contribution < 1.29 is 17.6 Å². The van der Waals surface area contributed by atoms with Gasteiger partial charge in [-0.05, 0) is 71.1 Å². The predicted octanol–water partition coefficient (Wildman–Crippen LogP) is 6.55. The predicted molar refractivity (Wildman–Crippen MR) is 155 cm³/mol. The second-order valence-electron chi connectivity index (χ2n) is 12.4. The molecule has 2 aromatic heterocycles. The third-order valence-electron chi connectivity index (χ3n) is 9.67. The number of nitrogens with one attached hydrogen (secondary N) is 1. The zero-order valence-corrected chi connectivity index (χ0v) is 24.3. The zero-order valence-electron chi connectivity index (χ0n) is 24.3. The Labute approximate surface area is 247 Å². The number of fused-ring (bicyclic) bond motifs is 8. The molecule has 3 aromatic rings. The lowest BCUT2D eigenvalue weighted by Crippen LogP contribution is -2.40. The molecule has 1 aliphatic carbocycles. The molecule has 1 unspecified atom stereocenters. The normalized spacial score (nSPS) is 26.9. The van der Waals surface area contributed by atoms with E-state index in [-0.39, 0.29) is 35.4 Å². The third-order valence-corrected chi connectivity index (χ3v) is 9.67. The molecule has 0 spiro atoms. The Kier molecular flexibility index (Phi) is 7.92. The summed E-state index contributed by atoms with van der Waals surface area (Å²) in [5.41, 5.74) is -1.45. The highest BCUT2D eigenvalue weighted by Gasteiger charge is 2.48. The summed E-state index contributed by atoms with van der Waals surface area (Å²) in [6.45, 7) is 2.64. The van der Waals surface area contributed by atoms with Gasteiger partial charge in [-0.25, -0.2) is 27.5 Å². The number of piperidine rings is 1. The molecular weight excluding hydrogens is 560 g/mol. The highest BCUT2D eigenvalue weighted by Crippen LogP contribution is 2.47. The number of hydrogen-bond donors (Lipinski definition) is 1. The molecule has 7 rings (SSSR count). The van der Waals surface area contributed by atoms with E-state index in [0.717, 1.165) is 19.4 Å². The molecule has 8 bridgehead atoms. The van der Waals surface area contributed by atoms with Crippen LogP contribution in [0.2, 0.25) is 0 Å². The van der Waals surface area contributed by atoms with E-state index >= 15 is 13.2 Å². The van der Waals surface area contributed by atoms with E-state index in [0.29, 0.717) is 44.2 Å². The van der Waals surface area contributed by atoms with Crippen molar-refractivity contribution in [3.05, 3.63) is 63.5 Å². The van der Waals surface area contributed by atoms with Crippen molar-refractivity contribution in [2.45, 2.75) is 81.7 Å². The van der Waals surface area contributed by atoms with Gasteiger partial charge >= 0.3 is 0 Å². The maximum atomic E-state index is 15.9. The minimum Gasteiger partial charge on any atom is -0.363 e. The topological polar surface area (TPSA) is 86.8 Å². The van der Waals surface area contributed by atoms with Crippen molar-refractivity contribution in [2.24, 2.45) is 5.92 Å². The second-order valence-corrected chi connectivity index (χ2v) is 12.4. The summed E-state index contributed by atoms with van der Waals surface area (Å²) in [6, 6.07) is 6.39. The summed E-state index contributed by atoms with van der Waals surface area (Å²) in [4.78, 5) is 24.8. The van der Waals surface area contributed by atoms with E-state index in [1.165, 1.54) is 29.1 Å². The number of alkyl halides is 3. The molecule has 2 atom stereocenters. The standard InChI is InChI=1S/C32H36F4N6O/c1-20-23-7-5-8-25(27(23)34)32(35,36)21-9-14-41(15-10-21)13-4-2-3-6-22(17-33)42-29-24(28(40-20)38-19-39-29)16-26(30(42)43)31(18-37)11-12-31/h5,7-8,16,19-22H,2-4,6,9-15,17H2,1H3,(H,38,39,40)/t20-,22?/m1/s1. The molecule has 1 N–H and O–H groups in total. The molecule has 2 fully saturated rings. The fourth-order valence-electron chi connectivity index (χ4n) is 6.84. The van der Waals surface area contributed by atoms with Gasteiger partial charge in [-0.1, -0.05) is 31.0 Å². The van der Waals surface area contributed by atoms with Crippen LogP contribution >= 0.6 is 0 Å². The van der Waals surface area contributed by atoms with Gasteiger partial charge in [-0.15, -0.1) is 0 Å². The Morgan fingerprint density at radius 2 is 1.84 bits per heavy atom. The van der Waals surface area contributed by atoms with E-state index in [1.54, 1.807) is 13.0 Å². The lowest BCUT2D eigenvalue weighted by atomic mass is 9.85. The SMILES string of the molecule is C[C@H]1Nc2ncnc3c2cc(C2(C#N)CC2)c(=O)n3C(CF)CCCCCN2CCC(CC2)C(F)(F)c2cccc1c2F. The average Bonchev–Trinajstić information content (AvgIpc) is 3.80. The minimum atomic E-state index is -3.32. The van der Waals surface area contributed by atoms with Gasteiger partial charge in [0.25, 0.3) is 11.5 Å². The number of aromatic nitrogens is 3. The Morgan fingerprint density at radius 3 is 2.53 bits per heavy atom. The summed E-state index contributed by atoms with van der Waals surface area (Å²) in [5.74, 6) is -4.99. The first-order valence-corrected chi connectivity index (χ1v) is 15.2. The van der Waals surface area contributed by atoms with Crippen molar-refractivity contribution in [1.82, 2.24) is 19.4 Å². The summed E-state index contributed by atoms with van der Waals surface area (Å²) >= 11 is 0. The monoisotopic (exact) mass is 596 g/mol. The minimum absolute atomic E-state index is 0.0571. The maximum absolute atomic E-state index is 15.9. The number of nitriles is 1. The number of benzene rings is 1. The van der Waals surface area contributed by atoms with Crippen LogP contribution in [0.1, 0.15) is 87.1 Å². The first-order chi connectivity index (χ1) is 20.7. The van der Waals surface area contributed by atoms with Gasteiger partial charge in [0, 0.05) is 17.0 Å². The van der Waals surface area contributed by atoms with Crippen LogP contribution in [-0.4, -0.2) is 45.7 Å². The Bertz CT molecular complexity index is 1610. The fourth-order valence-corrected chi connectivity index (χ4v) is 6.84. The zero-order chi connectivity index (χ0) is 30.4. The maximum Gasteiger partial charge on any atom is 0.278 e. The van der Waals surface area contributed by atoms with Crippen molar-refractivity contribution >= 4 is 16.9 Å². The van der Waals surface area contributed by atoms with Gasteiger partial charge in [0.1, 0.15) is 30.3 Å². The molecule has 5 heterocycles. The molecule has 1 aromatic carbocycles. The van der Waals surface area contributed by atoms with Crippen LogP contribution in [-0.2, 0) is 11.3 Å². The highest BCUT2D eigenvalue weighted by molar-refractivity contribution is 5.87. The second kappa shape index (κ2) is 11.5. The molecule has 0 amide bonds. The van der Waals surface area contributed by atoms with Crippen LogP contribution in [0.25, 0.3) is 11.0 Å². The van der Waals surface area contributed by atoms with E-state index in [2.05, 4.69) is 26.3 Å². The average molecular weight is 597 g/mol. The van der Waals surface area contributed by atoms with Crippen LogP contribution < -0.4 is 10.9 Å². The van der Waals surface area contributed by atoms with Gasteiger partial charge < -0.3 is 10.2 Å². The van der Waals surface area contributed by atoms with Crippen LogP contribution in [0, 0.1) is 23.1 Å². The van der Waals surface area contributed by atoms with Crippen LogP contribution in [0.3, 0.4) is 0 Å². The number of rotatable bonds is 2. The summed E-state index contributed by atoms with van der Waals surface area (Å²) in [5, 5.41) is 13.5. The molecule has 3 aliphatic heterocycles. The molecule has 1 saturated heterocycles. The Morgan fingerprint density at radius 1 is 1.07 bits per heavy atom. The fraction of sp³-hybridized carbons (Fsp3) is 0.562. The third kappa shape index (κ3) is 5.28. The molecule has 43 heavy (non-hydrogen) atoms. The van der Waals surface area contributed by atoms with Gasteiger partial charge in [0.15, 0.2) is 0 Å². The van der Waals surface area contributed by atoms with Gasteiger partial charge in [0.05, 0.1) is 34.5 Å². The van der Waals surface area contributed by atoms with Crippen molar-refractivity contribution in [3.63, 3.8) is 0 Å². The number of pyridine rings is 1. The smallest absolute Gasteiger partial charge is 0.278 e. The summed E-state index contributed by atoms with van der Waals surface area (Å²) in [7, 11) is 0. The quantitative estimate of drug-likeness (QED) is 0.338. The van der Waals surface area contributed by atoms with E-state index in [4.69, 9.17) is 0 Å². The number of nitrogens with zero attached hydrogens (tertiary/aromatic N) is 5. The number of halogens is 4. The Hall–Kier alpha value is -3.52. The van der Waals surface area contributed by atoms with E-state index in [9.17, 15) is 14.4 Å². The van der Waals surface area contributed by atoms with Crippen molar-refractivity contribution in [1.29, 1.82) is 5.26 Å². The first-order valence-electron chi connectivity index (χ1n) is 15.2. The molecule has 4 aliphatic rings. The molecule has 1 saturated carbocycles. The summed E-state index contributed by atoms with van der Waals surface area (Å²) < 4.78 is 63.5. The van der Waals surface area contributed by atoms with Crippen LogP contribution in [0.4, 0.5) is 23.4 Å². The number of hydrogen-bond acceptors (Lipinski definition) is 6. The van der Waals surface area contributed by atoms with Crippen LogP contribution in [0.5, 0.6) is 0 Å². The van der Waals surface area contributed by atoms with Gasteiger partial charge in [-0.2, -0.15) is 5.26 Å². The van der Waals surface area contributed by atoms with E-state index in [1.807, 2.05) is 0 Å². The molecule has 228 valence electrons.